The van der Waals surface area contributed by atoms with E-state index in [9.17, 15) is 4.79 Å². The van der Waals surface area contributed by atoms with Crippen molar-refractivity contribution in [1.29, 1.82) is 0 Å². The predicted octanol–water partition coefficient (Wildman–Crippen LogP) is 3.79. The number of carbonyl (C=O) groups excluding carboxylic acids is 1. The number of rotatable bonds is 2. The van der Waals surface area contributed by atoms with Gasteiger partial charge in [0.25, 0.3) is 0 Å². The molecule has 0 bridgehead atoms. The highest BCUT2D eigenvalue weighted by atomic mass is 16.5. The molecular weight excluding hydrogens is 326 g/mol. The first-order chi connectivity index (χ1) is 12.7. The molecule has 1 aliphatic carbocycles. The number of ether oxygens (including phenoxy) is 1. The van der Waals surface area contributed by atoms with Crippen molar-refractivity contribution in [3.8, 4) is 11.5 Å². The molecule has 2 heterocycles. The van der Waals surface area contributed by atoms with E-state index in [0.717, 1.165) is 53.4 Å². The number of hydrogen-bond donors (Lipinski definition) is 1. The number of amides is 1. The van der Waals surface area contributed by atoms with Gasteiger partial charge in [0.05, 0.1) is 11.6 Å². The molecule has 0 unspecified atom stereocenters. The molecule has 1 amide bonds. The number of aromatic nitrogens is 2. The van der Waals surface area contributed by atoms with Crippen LogP contribution in [0, 0.1) is 0 Å². The lowest BCUT2D eigenvalue weighted by Crippen LogP contribution is -2.26. The van der Waals surface area contributed by atoms with Gasteiger partial charge in [0.2, 0.25) is 5.91 Å². The third-order valence-corrected chi connectivity index (χ3v) is 5.25. The van der Waals surface area contributed by atoms with Gasteiger partial charge in [-0.1, -0.05) is 36.4 Å². The van der Waals surface area contributed by atoms with Gasteiger partial charge in [0.15, 0.2) is 0 Å². The van der Waals surface area contributed by atoms with Crippen molar-refractivity contribution >= 4 is 11.7 Å². The molecule has 0 spiro atoms. The molecule has 0 saturated carbocycles. The number of fused-ring (bicyclic) bond motifs is 3. The highest BCUT2D eigenvalue weighted by Gasteiger charge is 2.33. The summed E-state index contributed by atoms with van der Waals surface area (Å²) >= 11 is 0. The van der Waals surface area contributed by atoms with Gasteiger partial charge in [0.1, 0.15) is 17.3 Å². The van der Waals surface area contributed by atoms with Crippen molar-refractivity contribution in [3.63, 3.8) is 0 Å². The van der Waals surface area contributed by atoms with E-state index >= 15 is 0 Å². The molecule has 5 rings (SSSR count). The summed E-state index contributed by atoms with van der Waals surface area (Å²) in [6.07, 6.45) is 3.06. The Kier molecular flexibility index (Phi) is 3.35. The van der Waals surface area contributed by atoms with Crippen molar-refractivity contribution < 1.29 is 9.53 Å². The monoisotopic (exact) mass is 345 g/mol. The zero-order chi connectivity index (χ0) is 17.7. The summed E-state index contributed by atoms with van der Waals surface area (Å²) in [5.41, 5.74) is 4.06. The van der Waals surface area contributed by atoms with E-state index in [2.05, 4.69) is 10.4 Å². The minimum Gasteiger partial charge on any atom is -0.457 e. The summed E-state index contributed by atoms with van der Waals surface area (Å²) in [5.74, 6) is 1.85. The number of anilines is 1. The van der Waals surface area contributed by atoms with Crippen molar-refractivity contribution in [2.75, 3.05) is 5.32 Å². The second-order valence-corrected chi connectivity index (χ2v) is 6.85. The number of nitrogens with zero attached hydrogens (tertiary/aromatic N) is 2. The summed E-state index contributed by atoms with van der Waals surface area (Å²) in [6.45, 7) is 0. The Balaban J connectivity index is 1.57. The van der Waals surface area contributed by atoms with Crippen molar-refractivity contribution in [3.05, 3.63) is 70.9 Å². The fraction of sp³-hybridized carbons (Fsp3) is 0.238. The average Bonchev–Trinajstić information content (AvgIpc) is 3.22. The molecule has 5 heteroatoms. The minimum atomic E-state index is -0.400. The number of hydrogen-bond acceptors (Lipinski definition) is 3. The smallest absolute Gasteiger partial charge is 0.237 e. The Morgan fingerprint density at radius 3 is 2.42 bits per heavy atom. The molecule has 1 aromatic heterocycles. The van der Waals surface area contributed by atoms with Gasteiger partial charge in [0, 0.05) is 23.7 Å². The molecule has 3 aromatic rings. The van der Waals surface area contributed by atoms with Crippen LogP contribution in [0.15, 0.2) is 48.5 Å². The molecule has 26 heavy (non-hydrogen) atoms. The van der Waals surface area contributed by atoms with E-state index in [1.807, 2.05) is 55.6 Å². The van der Waals surface area contributed by atoms with Crippen LogP contribution in [0.5, 0.6) is 11.5 Å². The second-order valence-electron chi connectivity index (χ2n) is 6.85. The molecule has 0 atom stereocenters. The van der Waals surface area contributed by atoms with Crippen LogP contribution in [0.25, 0.3) is 0 Å². The molecule has 5 nitrogen and oxygen atoms in total. The number of benzene rings is 2. The molecule has 2 aliphatic rings. The zero-order valence-electron chi connectivity index (χ0n) is 14.5. The third-order valence-electron chi connectivity index (χ3n) is 5.25. The first-order valence-corrected chi connectivity index (χ1v) is 8.93. The van der Waals surface area contributed by atoms with Crippen LogP contribution in [0.3, 0.4) is 0 Å². The molecule has 1 N–H and O–H groups in total. The van der Waals surface area contributed by atoms with Crippen LogP contribution in [-0.4, -0.2) is 15.7 Å². The maximum atomic E-state index is 13.3. The molecule has 0 fully saturated rings. The van der Waals surface area contributed by atoms with E-state index in [0.29, 0.717) is 0 Å². The van der Waals surface area contributed by atoms with Crippen LogP contribution in [0.4, 0.5) is 5.82 Å². The lowest BCUT2D eigenvalue weighted by molar-refractivity contribution is -0.116. The van der Waals surface area contributed by atoms with Gasteiger partial charge in [-0.2, -0.15) is 5.10 Å². The van der Waals surface area contributed by atoms with Gasteiger partial charge in [-0.15, -0.1) is 0 Å². The number of carbonyl (C=O) groups is 1. The van der Waals surface area contributed by atoms with Crippen molar-refractivity contribution in [1.82, 2.24) is 9.78 Å². The highest BCUT2D eigenvalue weighted by molar-refractivity contribution is 5.99. The van der Waals surface area contributed by atoms with Gasteiger partial charge >= 0.3 is 0 Å². The summed E-state index contributed by atoms with van der Waals surface area (Å²) in [7, 11) is 1.89. The fourth-order valence-corrected chi connectivity index (χ4v) is 4.06. The van der Waals surface area contributed by atoms with Crippen LogP contribution in [0.1, 0.15) is 34.7 Å². The molecule has 130 valence electrons. The van der Waals surface area contributed by atoms with E-state index in [-0.39, 0.29) is 5.91 Å². The van der Waals surface area contributed by atoms with Crippen LogP contribution >= 0.6 is 0 Å². The van der Waals surface area contributed by atoms with Gasteiger partial charge in [-0.25, -0.2) is 0 Å². The van der Waals surface area contributed by atoms with E-state index in [1.54, 1.807) is 4.68 Å². The number of nitrogens with one attached hydrogen (secondary N) is 1. The molecule has 2 aromatic carbocycles. The topological polar surface area (TPSA) is 56.2 Å². The minimum absolute atomic E-state index is 0.0501. The second kappa shape index (κ2) is 5.73. The molecule has 0 radical (unpaired) electrons. The third kappa shape index (κ3) is 2.24. The summed E-state index contributed by atoms with van der Waals surface area (Å²) in [6, 6.07) is 15.5. The molecular formula is C21H19N3O2. The largest absolute Gasteiger partial charge is 0.457 e. The SMILES string of the molecule is Cn1nc2c(c1NC(=O)C1c3ccccc3Oc3ccccc31)CCC2. The summed E-state index contributed by atoms with van der Waals surface area (Å²) in [5, 5.41) is 7.70. The fourth-order valence-electron chi connectivity index (χ4n) is 4.06. The van der Waals surface area contributed by atoms with Gasteiger partial charge in [-0.05, 0) is 31.4 Å². The average molecular weight is 345 g/mol. The molecule has 0 saturated heterocycles. The van der Waals surface area contributed by atoms with Crippen molar-refractivity contribution in [2.45, 2.75) is 25.2 Å². The quantitative estimate of drug-likeness (QED) is 0.769. The van der Waals surface area contributed by atoms with E-state index in [1.165, 1.54) is 5.56 Å². The Morgan fingerprint density at radius 1 is 1.08 bits per heavy atom. The number of aryl methyl sites for hydroxylation is 2. The van der Waals surface area contributed by atoms with Gasteiger partial charge < -0.3 is 10.1 Å². The Labute approximate surface area is 151 Å². The maximum Gasteiger partial charge on any atom is 0.237 e. The Bertz CT molecular complexity index is 976. The van der Waals surface area contributed by atoms with Gasteiger partial charge in [-0.3, -0.25) is 9.48 Å². The van der Waals surface area contributed by atoms with Crippen LogP contribution in [-0.2, 0) is 24.7 Å². The van der Waals surface area contributed by atoms with E-state index < -0.39 is 5.92 Å². The first kappa shape index (κ1) is 15.2. The maximum absolute atomic E-state index is 13.3. The first-order valence-electron chi connectivity index (χ1n) is 8.93. The highest BCUT2D eigenvalue weighted by Crippen LogP contribution is 2.44. The number of para-hydroxylation sites is 2. The summed E-state index contributed by atoms with van der Waals surface area (Å²) in [4.78, 5) is 13.3. The predicted molar refractivity (Wildman–Crippen MR) is 98.7 cm³/mol. The normalized spacial score (nSPS) is 15.0. The zero-order valence-corrected chi connectivity index (χ0v) is 14.5. The van der Waals surface area contributed by atoms with Crippen LogP contribution < -0.4 is 10.1 Å². The lowest BCUT2D eigenvalue weighted by atomic mass is 9.87. The standard InChI is InChI=1S/C21H19N3O2/c1-24-20(13-9-6-10-16(13)23-24)22-21(25)19-14-7-2-4-11-17(14)26-18-12-5-3-8-15(18)19/h2-5,7-8,11-12,19H,6,9-10H2,1H3,(H,22,25). The lowest BCUT2D eigenvalue weighted by Gasteiger charge is -2.27. The Morgan fingerprint density at radius 2 is 1.73 bits per heavy atom. The van der Waals surface area contributed by atoms with Crippen molar-refractivity contribution in [2.24, 2.45) is 7.05 Å². The van der Waals surface area contributed by atoms with Crippen LogP contribution in [0.2, 0.25) is 0 Å². The Hall–Kier alpha value is -3.08. The molecule has 1 aliphatic heterocycles. The van der Waals surface area contributed by atoms with E-state index in [4.69, 9.17) is 4.74 Å². The summed E-state index contributed by atoms with van der Waals surface area (Å²) < 4.78 is 7.78.